The smallest absolute Gasteiger partial charge is 0.337 e. The summed E-state index contributed by atoms with van der Waals surface area (Å²) in [6.07, 6.45) is 0. The van der Waals surface area contributed by atoms with Gasteiger partial charge in [0.25, 0.3) is 0 Å². The molecule has 0 radical (unpaired) electrons. The zero-order valence-corrected chi connectivity index (χ0v) is 12.7. The molecule has 0 saturated carbocycles. The molecule has 0 amide bonds. The number of halogens is 1. The Balaban J connectivity index is 2.27. The van der Waals surface area contributed by atoms with Gasteiger partial charge in [0.1, 0.15) is 0 Å². The van der Waals surface area contributed by atoms with Crippen LogP contribution in [0.5, 0.6) is 0 Å². The van der Waals surface area contributed by atoms with Crippen LogP contribution in [0.15, 0.2) is 24.3 Å². The van der Waals surface area contributed by atoms with E-state index in [0.29, 0.717) is 5.69 Å². The number of benzene rings is 1. The first-order valence-electron chi connectivity index (χ1n) is 6.03. The number of anilines is 2. The summed E-state index contributed by atoms with van der Waals surface area (Å²) in [6, 6.07) is 7.23. The average molecular weight is 311 g/mol. The molecule has 106 valence electrons. The molecule has 0 aliphatic heterocycles. The van der Waals surface area contributed by atoms with E-state index in [9.17, 15) is 4.79 Å². The number of carbonyl (C=O) groups is 1. The molecule has 4 N–H and O–H groups in total. The summed E-state index contributed by atoms with van der Waals surface area (Å²) in [6.45, 7) is 3.79. The van der Waals surface area contributed by atoms with E-state index >= 15 is 0 Å². The molecule has 1 atom stereocenters. The minimum Gasteiger partial charge on any atom is -0.478 e. The van der Waals surface area contributed by atoms with E-state index < -0.39 is 5.97 Å². The van der Waals surface area contributed by atoms with Gasteiger partial charge < -0.3 is 16.2 Å². The molecule has 1 aromatic heterocycles. The fraction of sp³-hybridized carbons (Fsp3) is 0.214. The second-order valence-electron chi connectivity index (χ2n) is 4.57. The number of hydrogen-bond donors (Lipinski definition) is 3. The van der Waals surface area contributed by atoms with Crippen LogP contribution in [0.2, 0.25) is 4.34 Å². The van der Waals surface area contributed by atoms with Gasteiger partial charge in [0, 0.05) is 16.3 Å². The lowest BCUT2D eigenvalue weighted by Crippen LogP contribution is -2.09. The quantitative estimate of drug-likeness (QED) is 0.741. The minimum atomic E-state index is -1.03. The van der Waals surface area contributed by atoms with Crippen LogP contribution < -0.4 is 11.1 Å². The van der Waals surface area contributed by atoms with Crippen LogP contribution in [0, 0.1) is 6.92 Å². The van der Waals surface area contributed by atoms with Crippen molar-refractivity contribution in [3.05, 3.63) is 44.6 Å². The van der Waals surface area contributed by atoms with Crippen LogP contribution in [-0.4, -0.2) is 11.1 Å². The third kappa shape index (κ3) is 3.05. The third-order valence-electron chi connectivity index (χ3n) is 3.02. The molecule has 0 aliphatic rings. The monoisotopic (exact) mass is 310 g/mol. The molecule has 20 heavy (non-hydrogen) atoms. The lowest BCUT2D eigenvalue weighted by Gasteiger charge is -2.16. The predicted molar refractivity (Wildman–Crippen MR) is 83.9 cm³/mol. The standard InChI is InChI=1S/C14H15ClN2O2S/c1-7-5-9(6-10(13(7)16)14(18)19)17-8(2)11-3-4-12(15)20-11/h3-6,8,17H,16H2,1-2H3,(H,18,19). The van der Waals surface area contributed by atoms with E-state index in [-0.39, 0.29) is 11.6 Å². The van der Waals surface area contributed by atoms with Crippen LogP contribution in [0.3, 0.4) is 0 Å². The van der Waals surface area contributed by atoms with E-state index in [1.807, 2.05) is 25.1 Å². The topological polar surface area (TPSA) is 75.3 Å². The molecule has 4 nitrogen and oxygen atoms in total. The van der Waals surface area contributed by atoms with Crippen LogP contribution >= 0.6 is 22.9 Å². The van der Waals surface area contributed by atoms with Crippen molar-refractivity contribution in [1.82, 2.24) is 0 Å². The van der Waals surface area contributed by atoms with Gasteiger partial charge in [-0.2, -0.15) is 0 Å². The molecule has 6 heteroatoms. The highest BCUT2D eigenvalue weighted by atomic mass is 35.5. The zero-order chi connectivity index (χ0) is 14.9. The summed E-state index contributed by atoms with van der Waals surface area (Å²) < 4.78 is 0.730. The van der Waals surface area contributed by atoms with Crippen molar-refractivity contribution >= 4 is 40.3 Å². The van der Waals surface area contributed by atoms with Crippen LogP contribution in [0.4, 0.5) is 11.4 Å². The van der Waals surface area contributed by atoms with E-state index in [2.05, 4.69) is 5.32 Å². The number of thiophene rings is 1. The Morgan fingerprint density at radius 3 is 2.70 bits per heavy atom. The van der Waals surface area contributed by atoms with Gasteiger partial charge in [-0.25, -0.2) is 4.79 Å². The van der Waals surface area contributed by atoms with Gasteiger partial charge in [-0.15, -0.1) is 11.3 Å². The summed E-state index contributed by atoms with van der Waals surface area (Å²) in [4.78, 5) is 12.2. The summed E-state index contributed by atoms with van der Waals surface area (Å²) in [5, 5.41) is 12.4. The van der Waals surface area contributed by atoms with Crippen LogP contribution in [0.1, 0.15) is 33.8 Å². The van der Waals surface area contributed by atoms with Crippen molar-refractivity contribution < 1.29 is 9.90 Å². The van der Waals surface area contributed by atoms with Crippen LogP contribution in [-0.2, 0) is 0 Å². The maximum Gasteiger partial charge on any atom is 0.337 e. The first-order chi connectivity index (χ1) is 9.38. The molecule has 0 saturated heterocycles. The lowest BCUT2D eigenvalue weighted by molar-refractivity contribution is 0.0698. The van der Waals surface area contributed by atoms with Crippen molar-refractivity contribution in [3.63, 3.8) is 0 Å². The summed E-state index contributed by atoms with van der Waals surface area (Å²) in [5.74, 6) is -1.03. The molecule has 0 spiro atoms. The van der Waals surface area contributed by atoms with Crippen molar-refractivity contribution in [2.45, 2.75) is 19.9 Å². The van der Waals surface area contributed by atoms with E-state index in [1.54, 1.807) is 13.0 Å². The van der Waals surface area contributed by atoms with Crippen LogP contribution in [0.25, 0.3) is 0 Å². The highest BCUT2D eigenvalue weighted by Gasteiger charge is 2.14. The van der Waals surface area contributed by atoms with E-state index in [4.69, 9.17) is 22.4 Å². The van der Waals surface area contributed by atoms with Gasteiger partial charge in [-0.3, -0.25) is 0 Å². The number of rotatable bonds is 4. The second-order valence-corrected chi connectivity index (χ2v) is 6.31. The molecule has 1 heterocycles. The maximum atomic E-state index is 11.2. The largest absolute Gasteiger partial charge is 0.478 e. The Morgan fingerprint density at radius 1 is 1.45 bits per heavy atom. The van der Waals surface area contributed by atoms with Gasteiger partial charge in [0.2, 0.25) is 0 Å². The number of nitrogens with one attached hydrogen (secondary N) is 1. The number of nitrogens with two attached hydrogens (primary N) is 1. The number of hydrogen-bond acceptors (Lipinski definition) is 4. The highest BCUT2D eigenvalue weighted by Crippen LogP contribution is 2.30. The van der Waals surface area contributed by atoms with Gasteiger partial charge in [-0.05, 0) is 43.7 Å². The lowest BCUT2D eigenvalue weighted by atomic mass is 10.1. The normalized spacial score (nSPS) is 12.2. The molecule has 0 bridgehead atoms. The van der Waals surface area contributed by atoms with Crippen molar-refractivity contribution in [1.29, 1.82) is 0 Å². The second kappa shape index (κ2) is 5.73. The van der Waals surface area contributed by atoms with E-state index in [0.717, 1.165) is 20.5 Å². The molecule has 2 rings (SSSR count). The Hall–Kier alpha value is -1.72. The van der Waals surface area contributed by atoms with Crippen molar-refractivity contribution in [2.24, 2.45) is 0 Å². The Bertz CT molecular complexity index is 655. The summed E-state index contributed by atoms with van der Waals surface area (Å²) in [7, 11) is 0. The molecule has 2 aromatic rings. The fourth-order valence-electron chi connectivity index (χ4n) is 1.94. The highest BCUT2D eigenvalue weighted by molar-refractivity contribution is 7.16. The molecular formula is C14H15ClN2O2S. The summed E-state index contributed by atoms with van der Waals surface area (Å²) in [5.41, 5.74) is 7.66. The molecule has 1 aromatic carbocycles. The average Bonchev–Trinajstić information content (AvgIpc) is 2.80. The van der Waals surface area contributed by atoms with Gasteiger partial charge in [0.05, 0.1) is 15.9 Å². The molecule has 0 fully saturated rings. The Kier molecular flexibility index (Phi) is 4.20. The van der Waals surface area contributed by atoms with Crippen molar-refractivity contribution in [3.8, 4) is 0 Å². The fourth-order valence-corrected chi connectivity index (χ4v) is 3.00. The predicted octanol–water partition coefficient (Wildman–Crippen LogP) is 4.16. The number of carboxylic acids is 1. The molecule has 0 aliphatic carbocycles. The summed E-state index contributed by atoms with van der Waals surface area (Å²) >= 11 is 7.41. The van der Waals surface area contributed by atoms with Gasteiger partial charge in [-0.1, -0.05) is 11.6 Å². The first-order valence-corrected chi connectivity index (χ1v) is 7.23. The third-order valence-corrected chi connectivity index (χ3v) is 4.44. The van der Waals surface area contributed by atoms with Gasteiger partial charge in [0.15, 0.2) is 0 Å². The number of carboxylic acid groups (broad SMARTS) is 1. The zero-order valence-electron chi connectivity index (χ0n) is 11.1. The Labute approximate surface area is 126 Å². The SMILES string of the molecule is Cc1cc(NC(C)c2ccc(Cl)s2)cc(C(=O)O)c1N. The number of aromatic carboxylic acids is 1. The number of aryl methyl sites for hydroxylation is 1. The number of nitrogen functional groups attached to an aromatic ring is 1. The van der Waals surface area contributed by atoms with Gasteiger partial charge >= 0.3 is 5.97 Å². The maximum absolute atomic E-state index is 11.2. The molecule has 1 unspecified atom stereocenters. The molecular weight excluding hydrogens is 296 g/mol. The van der Waals surface area contributed by atoms with Crippen molar-refractivity contribution in [2.75, 3.05) is 11.1 Å². The minimum absolute atomic E-state index is 0.0390. The first kappa shape index (κ1) is 14.7. The Morgan fingerprint density at radius 2 is 2.15 bits per heavy atom. The van der Waals surface area contributed by atoms with E-state index in [1.165, 1.54) is 11.3 Å².